The molecule has 0 radical (unpaired) electrons. The Bertz CT molecular complexity index is 1120. The molecule has 0 saturated heterocycles. The number of benzene rings is 2. The minimum atomic E-state index is -0.536. The highest BCUT2D eigenvalue weighted by Crippen LogP contribution is 2.28. The highest BCUT2D eigenvalue weighted by Gasteiger charge is 2.09. The molecule has 0 fully saturated rings. The van der Waals surface area contributed by atoms with Gasteiger partial charge in [0.25, 0.3) is 5.91 Å². The van der Waals surface area contributed by atoms with E-state index in [1.807, 2.05) is 30.3 Å². The maximum Gasteiger partial charge on any atom is 0.336 e. The Morgan fingerprint density at radius 2 is 1.44 bits per heavy atom. The summed E-state index contributed by atoms with van der Waals surface area (Å²) in [5, 5.41) is 6.56. The van der Waals surface area contributed by atoms with Gasteiger partial charge < -0.3 is 14.8 Å². The Morgan fingerprint density at radius 3 is 2.10 bits per heavy atom. The smallest absolute Gasteiger partial charge is 0.336 e. The van der Waals surface area contributed by atoms with Gasteiger partial charge in [0.1, 0.15) is 0 Å². The topological polar surface area (TPSA) is 106 Å². The molecule has 2 amide bonds. The molecule has 0 saturated carbocycles. The van der Waals surface area contributed by atoms with Crippen LogP contribution in [0.1, 0.15) is 95.1 Å². The number of amides is 2. The standard InChI is InChI=1S/C33H45N3O5/c1-3-4-5-6-7-8-9-10-11-12-16-19-31(37)34-26-32(38)36-35-25-28-20-22-29(30(24-28)40-2)41-33(39)23-21-27-17-14-13-15-18-27/h13-15,17-18,20-25H,3-12,16,19,26H2,1-2H3,(H,34,37)(H,36,38)/b23-21+,35-25+. The number of carbonyl (C=O) groups excluding carboxylic acids is 3. The van der Waals surface area contributed by atoms with Crippen LogP contribution in [0.4, 0.5) is 0 Å². The molecule has 0 spiro atoms. The molecule has 2 N–H and O–H groups in total. The summed E-state index contributed by atoms with van der Waals surface area (Å²) in [7, 11) is 1.47. The van der Waals surface area contributed by atoms with E-state index in [2.05, 4.69) is 22.8 Å². The van der Waals surface area contributed by atoms with Crippen molar-refractivity contribution in [2.45, 2.75) is 84.0 Å². The van der Waals surface area contributed by atoms with Crippen LogP contribution < -0.4 is 20.2 Å². The lowest BCUT2D eigenvalue weighted by Gasteiger charge is -2.08. The highest BCUT2D eigenvalue weighted by molar-refractivity contribution is 5.90. The van der Waals surface area contributed by atoms with Crippen LogP contribution in [-0.2, 0) is 14.4 Å². The van der Waals surface area contributed by atoms with Crippen molar-refractivity contribution in [3.8, 4) is 11.5 Å². The van der Waals surface area contributed by atoms with Crippen molar-refractivity contribution in [1.82, 2.24) is 10.7 Å². The van der Waals surface area contributed by atoms with E-state index in [1.165, 1.54) is 70.8 Å². The molecule has 0 aliphatic heterocycles. The molecule has 0 aliphatic carbocycles. The summed E-state index contributed by atoms with van der Waals surface area (Å²) in [6.45, 7) is 2.10. The fraction of sp³-hybridized carbons (Fsp3) is 0.455. The predicted octanol–water partition coefficient (Wildman–Crippen LogP) is 6.58. The van der Waals surface area contributed by atoms with E-state index >= 15 is 0 Å². The first kappa shape index (κ1) is 33.3. The third-order valence-corrected chi connectivity index (χ3v) is 6.47. The molecule has 2 rings (SSSR count). The Morgan fingerprint density at radius 1 is 0.780 bits per heavy atom. The summed E-state index contributed by atoms with van der Waals surface area (Å²) in [6, 6.07) is 14.3. The average molecular weight is 564 g/mol. The number of nitrogens with zero attached hydrogens (tertiary/aromatic N) is 1. The van der Waals surface area contributed by atoms with Crippen LogP contribution in [0.2, 0.25) is 0 Å². The van der Waals surface area contributed by atoms with Crippen LogP contribution in [0.15, 0.2) is 59.7 Å². The van der Waals surface area contributed by atoms with E-state index in [1.54, 1.807) is 24.3 Å². The second-order valence-electron chi connectivity index (χ2n) is 9.93. The molecule has 0 atom stereocenters. The zero-order valence-corrected chi connectivity index (χ0v) is 24.5. The molecule has 8 nitrogen and oxygen atoms in total. The van der Waals surface area contributed by atoms with E-state index < -0.39 is 11.9 Å². The van der Waals surface area contributed by atoms with Gasteiger partial charge in [0, 0.05) is 12.5 Å². The summed E-state index contributed by atoms with van der Waals surface area (Å²) < 4.78 is 10.7. The van der Waals surface area contributed by atoms with Gasteiger partial charge in [-0.15, -0.1) is 0 Å². The van der Waals surface area contributed by atoms with E-state index in [9.17, 15) is 14.4 Å². The molecule has 41 heavy (non-hydrogen) atoms. The molecule has 0 aliphatic rings. The Kier molecular flexibility index (Phi) is 17.0. The van der Waals surface area contributed by atoms with Crippen LogP contribution in [0.5, 0.6) is 11.5 Å². The van der Waals surface area contributed by atoms with Crippen molar-refractivity contribution in [3.05, 3.63) is 65.7 Å². The Labute approximate surface area is 244 Å². The monoisotopic (exact) mass is 563 g/mol. The second-order valence-corrected chi connectivity index (χ2v) is 9.93. The number of ether oxygens (including phenoxy) is 2. The first-order chi connectivity index (χ1) is 20.0. The number of carbonyl (C=O) groups is 3. The number of esters is 1. The van der Waals surface area contributed by atoms with Gasteiger partial charge in [-0.05, 0) is 41.8 Å². The minimum absolute atomic E-state index is 0.131. The van der Waals surface area contributed by atoms with E-state index in [0.29, 0.717) is 17.7 Å². The fourth-order valence-corrected chi connectivity index (χ4v) is 4.15. The lowest BCUT2D eigenvalue weighted by molar-refractivity contribution is -0.129. The van der Waals surface area contributed by atoms with Crippen molar-refractivity contribution >= 4 is 30.1 Å². The van der Waals surface area contributed by atoms with Crippen molar-refractivity contribution in [1.29, 1.82) is 0 Å². The normalized spacial score (nSPS) is 11.1. The van der Waals surface area contributed by atoms with Gasteiger partial charge in [0.2, 0.25) is 5.91 Å². The maximum absolute atomic E-state index is 12.2. The van der Waals surface area contributed by atoms with Crippen molar-refractivity contribution in [2.75, 3.05) is 13.7 Å². The summed E-state index contributed by atoms with van der Waals surface area (Å²) in [5.74, 6) is -0.482. The molecule has 8 heteroatoms. The number of rotatable bonds is 20. The van der Waals surface area contributed by atoms with Gasteiger partial charge in [0.15, 0.2) is 11.5 Å². The van der Waals surface area contributed by atoms with Crippen molar-refractivity contribution in [2.24, 2.45) is 5.10 Å². The number of nitrogens with one attached hydrogen (secondary N) is 2. The van der Waals surface area contributed by atoms with Crippen LogP contribution in [0.3, 0.4) is 0 Å². The van der Waals surface area contributed by atoms with E-state index in [4.69, 9.17) is 9.47 Å². The molecule has 2 aromatic rings. The minimum Gasteiger partial charge on any atom is -0.493 e. The molecular formula is C33H45N3O5. The maximum atomic E-state index is 12.2. The summed E-state index contributed by atoms with van der Waals surface area (Å²) in [6.07, 6.45) is 18.4. The number of hydrogen-bond acceptors (Lipinski definition) is 6. The number of hydrogen-bond donors (Lipinski definition) is 2. The quantitative estimate of drug-likeness (QED) is 0.0473. The van der Waals surface area contributed by atoms with Crippen LogP contribution in [0.25, 0.3) is 6.08 Å². The van der Waals surface area contributed by atoms with Gasteiger partial charge in [-0.25, -0.2) is 10.2 Å². The molecule has 0 unspecified atom stereocenters. The first-order valence-electron chi connectivity index (χ1n) is 14.7. The SMILES string of the molecule is CCCCCCCCCCCCCC(=O)NCC(=O)N/N=C/c1ccc(OC(=O)/C=C/c2ccccc2)c(OC)c1. The molecule has 0 bridgehead atoms. The fourth-order valence-electron chi connectivity index (χ4n) is 4.15. The third-order valence-electron chi connectivity index (χ3n) is 6.47. The van der Waals surface area contributed by atoms with Crippen LogP contribution >= 0.6 is 0 Å². The lowest BCUT2D eigenvalue weighted by Crippen LogP contribution is -2.34. The van der Waals surface area contributed by atoms with Gasteiger partial charge >= 0.3 is 5.97 Å². The van der Waals surface area contributed by atoms with Gasteiger partial charge in [-0.1, -0.05) is 101 Å². The largest absolute Gasteiger partial charge is 0.493 e. The molecule has 222 valence electrons. The second kappa shape index (κ2) is 20.9. The third kappa shape index (κ3) is 15.4. The van der Waals surface area contributed by atoms with Gasteiger partial charge in [0.05, 0.1) is 19.9 Å². The number of unbranched alkanes of at least 4 members (excludes halogenated alkanes) is 10. The molecule has 0 aromatic heterocycles. The molecular weight excluding hydrogens is 518 g/mol. The lowest BCUT2D eigenvalue weighted by atomic mass is 10.1. The molecule has 0 heterocycles. The van der Waals surface area contributed by atoms with Gasteiger partial charge in [-0.2, -0.15) is 5.10 Å². The van der Waals surface area contributed by atoms with E-state index in [-0.39, 0.29) is 18.2 Å². The summed E-state index contributed by atoms with van der Waals surface area (Å²) in [4.78, 5) is 36.2. The van der Waals surface area contributed by atoms with Crippen molar-refractivity contribution in [3.63, 3.8) is 0 Å². The summed E-state index contributed by atoms with van der Waals surface area (Å²) >= 11 is 0. The summed E-state index contributed by atoms with van der Waals surface area (Å²) in [5.41, 5.74) is 3.91. The van der Waals surface area contributed by atoms with Crippen LogP contribution in [-0.4, -0.2) is 37.7 Å². The van der Waals surface area contributed by atoms with Gasteiger partial charge in [-0.3, -0.25) is 9.59 Å². The number of hydrazone groups is 1. The molecule has 2 aromatic carbocycles. The zero-order valence-electron chi connectivity index (χ0n) is 24.5. The van der Waals surface area contributed by atoms with E-state index in [0.717, 1.165) is 24.8 Å². The zero-order chi connectivity index (χ0) is 29.5. The first-order valence-corrected chi connectivity index (χ1v) is 14.7. The Hall–Kier alpha value is -3.94. The Balaban J connectivity index is 1.61. The predicted molar refractivity (Wildman–Crippen MR) is 164 cm³/mol. The average Bonchev–Trinajstić information content (AvgIpc) is 2.99. The van der Waals surface area contributed by atoms with Crippen molar-refractivity contribution < 1.29 is 23.9 Å². The van der Waals surface area contributed by atoms with Crippen LogP contribution in [0, 0.1) is 0 Å². The highest BCUT2D eigenvalue weighted by atomic mass is 16.6. The number of methoxy groups -OCH3 is 1.